The van der Waals surface area contributed by atoms with Crippen LogP contribution in [0.2, 0.25) is 0 Å². The van der Waals surface area contributed by atoms with Crippen LogP contribution in [0.25, 0.3) is 11.0 Å². The molecule has 0 atom stereocenters. The summed E-state index contributed by atoms with van der Waals surface area (Å²) in [5, 5.41) is 0.406. The molecule has 0 amide bonds. The van der Waals surface area contributed by atoms with E-state index in [1.807, 2.05) is 13.8 Å². The van der Waals surface area contributed by atoms with Gasteiger partial charge in [-0.1, -0.05) is 18.2 Å². The summed E-state index contributed by atoms with van der Waals surface area (Å²) in [5.74, 6) is 0.181. The van der Waals surface area contributed by atoms with E-state index in [0.717, 1.165) is 3.97 Å². The maximum Gasteiger partial charge on any atom is 0.269 e. The molecule has 6 nitrogen and oxygen atoms in total. The first-order chi connectivity index (χ1) is 11.8. The molecule has 2 heterocycles. The number of ether oxygens (including phenoxy) is 1. The lowest BCUT2D eigenvalue weighted by molar-refractivity contribution is 0.101. The normalized spacial score (nSPS) is 11.8. The topological polar surface area (TPSA) is 78.3 Å². The van der Waals surface area contributed by atoms with Crippen molar-refractivity contribution < 1.29 is 17.9 Å². The molecule has 7 heteroatoms. The summed E-state index contributed by atoms with van der Waals surface area (Å²) >= 11 is 0. The number of pyridine rings is 1. The SMILES string of the molecule is CC(=O)c1cn(S(=O)(=O)c2ccccc2)c2nccc(OC(C)C)c12. The van der Waals surface area contributed by atoms with Gasteiger partial charge in [0.15, 0.2) is 11.4 Å². The molecule has 2 aromatic heterocycles. The lowest BCUT2D eigenvalue weighted by Gasteiger charge is -2.11. The van der Waals surface area contributed by atoms with E-state index in [1.54, 1.807) is 24.3 Å². The van der Waals surface area contributed by atoms with Crippen molar-refractivity contribution in [3.05, 3.63) is 54.4 Å². The Morgan fingerprint density at radius 3 is 2.44 bits per heavy atom. The third-order valence-electron chi connectivity index (χ3n) is 3.66. The maximum atomic E-state index is 13.0. The molecule has 25 heavy (non-hydrogen) atoms. The Morgan fingerprint density at radius 2 is 1.84 bits per heavy atom. The molecule has 0 saturated heterocycles. The molecule has 0 aliphatic carbocycles. The van der Waals surface area contributed by atoms with E-state index >= 15 is 0 Å². The summed E-state index contributed by atoms with van der Waals surface area (Å²) in [4.78, 5) is 16.4. The van der Waals surface area contributed by atoms with E-state index in [2.05, 4.69) is 4.98 Å². The van der Waals surface area contributed by atoms with Crippen molar-refractivity contribution in [2.24, 2.45) is 0 Å². The first-order valence-electron chi connectivity index (χ1n) is 7.80. The van der Waals surface area contributed by atoms with E-state index in [4.69, 9.17) is 4.74 Å². The lowest BCUT2D eigenvalue weighted by Crippen LogP contribution is -2.12. The zero-order valence-electron chi connectivity index (χ0n) is 14.1. The number of aromatic nitrogens is 2. The highest BCUT2D eigenvalue weighted by molar-refractivity contribution is 7.90. The number of rotatable bonds is 5. The van der Waals surface area contributed by atoms with Crippen molar-refractivity contribution in [2.45, 2.75) is 31.8 Å². The number of hydrogen-bond donors (Lipinski definition) is 0. The molecular formula is C18H18N2O4S. The Hall–Kier alpha value is -2.67. The van der Waals surface area contributed by atoms with Gasteiger partial charge in [0, 0.05) is 18.0 Å². The number of nitrogens with zero attached hydrogens (tertiary/aromatic N) is 2. The Bertz CT molecular complexity index is 1040. The standard InChI is InChI=1S/C18H18N2O4S/c1-12(2)24-16-9-10-19-18-17(16)15(13(3)21)11-20(18)25(22,23)14-7-5-4-6-8-14/h4-12H,1-3H3. The third-order valence-corrected chi connectivity index (χ3v) is 5.32. The van der Waals surface area contributed by atoms with Crippen molar-refractivity contribution in [1.29, 1.82) is 0 Å². The minimum absolute atomic E-state index is 0.124. The van der Waals surface area contributed by atoms with Crippen molar-refractivity contribution in [3.63, 3.8) is 0 Å². The summed E-state index contributed by atoms with van der Waals surface area (Å²) < 4.78 is 32.8. The summed E-state index contributed by atoms with van der Waals surface area (Å²) in [6.45, 7) is 5.11. The van der Waals surface area contributed by atoms with Crippen molar-refractivity contribution in [1.82, 2.24) is 8.96 Å². The second-order valence-electron chi connectivity index (χ2n) is 5.89. The van der Waals surface area contributed by atoms with Gasteiger partial charge in [-0.2, -0.15) is 0 Å². The second kappa shape index (κ2) is 6.33. The Morgan fingerprint density at radius 1 is 1.16 bits per heavy atom. The van der Waals surface area contributed by atoms with Crippen LogP contribution in [-0.4, -0.2) is 29.3 Å². The largest absolute Gasteiger partial charge is 0.490 e. The van der Waals surface area contributed by atoms with Gasteiger partial charge < -0.3 is 4.74 Å². The van der Waals surface area contributed by atoms with Crippen LogP contribution in [0.1, 0.15) is 31.1 Å². The molecule has 1 aromatic carbocycles. The number of fused-ring (bicyclic) bond motifs is 1. The summed E-state index contributed by atoms with van der Waals surface area (Å²) in [5.41, 5.74) is 0.436. The number of carbonyl (C=O) groups excluding carboxylic acids is 1. The van der Waals surface area contributed by atoms with E-state index in [9.17, 15) is 13.2 Å². The highest BCUT2D eigenvalue weighted by Crippen LogP contribution is 2.32. The predicted molar refractivity (Wildman–Crippen MR) is 94.5 cm³/mol. The molecule has 0 unspecified atom stereocenters. The number of hydrogen-bond acceptors (Lipinski definition) is 5. The maximum absolute atomic E-state index is 13.0. The van der Waals surface area contributed by atoms with Gasteiger partial charge in [0.25, 0.3) is 10.0 Å². The van der Waals surface area contributed by atoms with Gasteiger partial charge in [-0.3, -0.25) is 4.79 Å². The average Bonchev–Trinajstić information content (AvgIpc) is 2.97. The summed E-state index contributed by atoms with van der Waals surface area (Å²) in [6, 6.07) is 9.66. The first-order valence-corrected chi connectivity index (χ1v) is 9.24. The fourth-order valence-corrected chi connectivity index (χ4v) is 3.94. The molecule has 0 saturated carbocycles. The Labute approximate surface area is 146 Å². The van der Waals surface area contributed by atoms with Gasteiger partial charge in [0.2, 0.25) is 0 Å². The van der Waals surface area contributed by atoms with Crippen LogP contribution >= 0.6 is 0 Å². The monoisotopic (exact) mass is 358 g/mol. The number of ketones is 1. The van der Waals surface area contributed by atoms with Gasteiger partial charge in [-0.15, -0.1) is 0 Å². The molecule has 0 spiro atoms. The van der Waals surface area contributed by atoms with Crippen LogP contribution in [0.3, 0.4) is 0 Å². The fraction of sp³-hybridized carbons (Fsp3) is 0.222. The Balaban J connectivity index is 2.33. The molecule has 130 valence electrons. The molecule has 0 bridgehead atoms. The molecule has 0 radical (unpaired) electrons. The van der Waals surface area contributed by atoms with Gasteiger partial charge in [0.05, 0.1) is 16.4 Å². The van der Waals surface area contributed by atoms with E-state index in [1.165, 1.54) is 31.5 Å². The fourth-order valence-electron chi connectivity index (χ4n) is 2.61. The molecule has 0 N–H and O–H groups in total. The minimum atomic E-state index is -3.88. The Kier molecular flexibility index (Phi) is 4.34. The second-order valence-corrected chi connectivity index (χ2v) is 7.70. The van der Waals surface area contributed by atoms with Crippen molar-refractivity contribution in [2.75, 3.05) is 0 Å². The van der Waals surface area contributed by atoms with Crippen molar-refractivity contribution in [3.8, 4) is 5.75 Å². The molecule has 0 fully saturated rings. The van der Waals surface area contributed by atoms with Crippen molar-refractivity contribution >= 4 is 26.8 Å². The zero-order chi connectivity index (χ0) is 18.2. The highest BCUT2D eigenvalue weighted by Gasteiger charge is 2.25. The van der Waals surface area contributed by atoms with Crippen LogP contribution in [0.5, 0.6) is 5.75 Å². The van der Waals surface area contributed by atoms with Gasteiger partial charge in [-0.05, 0) is 39.0 Å². The van der Waals surface area contributed by atoms with Crippen LogP contribution < -0.4 is 4.74 Å². The molecule has 3 aromatic rings. The van der Waals surface area contributed by atoms with E-state index in [0.29, 0.717) is 11.1 Å². The summed E-state index contributed by atoms with van der Waals surface area (Å²) in [6.07, 6.45) is 2.66. The lowest BCUT2D eigenvalue weighted by atomic mass is 10.1. The quantitative estimate of drug-likeness (QED) is 0.654. The molecule has 0 aliphatic heterocycles. The predicted octanol–water partition coefficient (Wildman–Crippen LogP) is 3.26. The minimum Gasteiger partial charge on any atom is -0.490 e. The van der Waals surface area contributed by atoms with Gasteiger partial charge >= 0.3 is 0 Å². The number of benzene rings is 1. The van der Waals surface area contributed by atoms with E-state index in [-0.39, 0.29) is 28.0 Å². The first kappa shape index (κ1) is 17.2. The smallest absolute Gasteiger partial charge is 0.269 e. The number of Topliss-reactive ketones (excluding diaryl/α,β-unsaturated/α-hetero) is 1. The van der Waals surface area contributed by atoms with Crippen LogP contribution in [-0.2, 0) is 10.0 Å². The molecule has 0 aliphatic rings. The zero-order valence-corrected chi connectivity index (χ0v) is 14.9. The number of carbonyl (C=O) groups is 1. The van der Waals surface area contributed by atoms with Crippen LogP contribution in [0.15, 0.2) is 53.7 Å². The van der Waals surface area contributed by atoms with E-state index < -0.39 is 10.0 Å². The highest BCUT2D eigenvalue weighted by atomic mass is 32.2. The molecule has 3 rings (SSSR count). The van der Waals surface area contributed by atoms with Crippen LogP contribution in [0.4, 0.5) is 0 Å². The van der Waals surface area contributed by atoms with Gasteiger partial charge in [-0.25, -0.2) is 17.4 Å². The van der Waals surface area contributed by atoms with Gasteiger partial charge in [0.1, 0.15) is 5.75 Å². The third kappa shape index (κ3) is 3.02. The van der Waals surface area contributed by atoms with Crippen LogP contribution in [0, 0.1) is 0 Å². The average molecular weight is 358 g/mol. The summed E-state index contributed by atoms with van der Waals surface area (Å²) in [7, 11) is -3.88. The molecular weight excluding hydrogens is 340 g/mol.